The van der Waals surface area contributed by atoms with Crippen molar-refractivity contribution in [3.8, 4) is 0 Å². The zero-order valence-electron chi connectivity index (χ0n) is 28.5. The van der Waals surface area contributed by atoms with E-state index in [-0.39, 0.29) is 34.2 Å². The number of ether oxygens (including phenoxy) is 1. The van der Waals surface area contributed by atoms with Crippen LogP contribution in [0.5, 0.6) is 0 Å². The molecule has 0 aromatic rings. The van der Waals surface area contributed by atoms with Crippen molar-refractivity contribution in [2.45, 2.75) is 209 Å². The minimum atomic E-state index is -1.74. The molecule has 0 radical (unpaired) electrons. The third kappa shape index (κ3) is 31.1. The molecular weight excluding hydrogens is 631 g/mol. The summed E-state index contributed by atoms with van der Waals surface area (Å²) >= 11 is 0.0736. The first-order valence-corrected chi connectivity index (χ1v) is 22.2. The van der Waals surface area contributed by atoms with E-state index < -0.39 is 24.0 Å². The van der Waals surface area contributed by atoms with Crippen LogP contribution in [0.3, 0.4) is 0 Å². The molecule has 0 rings (SSSR count). The van der Waals surface area contributed by atoms with Crippen LogP contribution in [0.4, 0.5) is 0 Å². The summed E-state index contributed by atoms with van der Waals surface area (Å²) in [5.41, 5.74) is -1.74. The number of carbonyl (C=O) groups excluding carboxylic acids is 2. The van der Waals surface area contributed by atoms with E-state index in [9.17, 15) is 19.8 Å². The average Bonchev–Trinajstić information content (AvgIpc) is 2.96. The Morgan fingerprint density at radius 3 is 1.26 bits per heavy atom. The van der Waals surface area contributed by atoms with Crippen LogP contribution in [0.15, 0.2) is 0 Å². The average molecular weight is 702 g/mol. The molecule has 0 N–H and O–H groups in total. The van der Waals surface area contributed by atoms with Crippen molar-refractivity contribution in [1.82, 2.24) is 0 Å². The molecule has 0 aliphatic heterocycles. The van der Waals surface area contributed by atoms with Crippen molar-refractivity contribution in [3.63, 3.8) is 0 Å². The van der Waals surface area contributed by atoms with E-state index in [4.69, 9.17) is 4.74 Å². The van der Waals surface area contributed by atoms with E-state index >= 15 is 0 Å². The molecule has 0 saturated heterocycles. The molecule has 0 heterocycles. The predicted octanol–water partition coefficient (Wildman–Crippen LogP) is 8.99. The summed E-state index contributed by atoms with van der Waals surface area (Å²) in [5.74, 6) is -2.84. The molecule has 42 heavy (non-hydrogen) atoms. The Balaban J connectivity index is 0. The molecule has 0 aliphatic carbocycles. The number of carbonyl (C=O) groups is 2. The molecule has 248 valence electrons. The SMILES string of the molecule is CCCCCCCCOC(CCCCCCCC)(CC(=O)[O-])C(=O)[O-].CCCCCCC[CH2][Sn+2][CH2]CCCCCCC. The fourth-order valence-corrected chi connectivity index (χ4v) is 8.77. The van der Waals surface area contributed by atoms with Crippen molar-refractivity contribution in [2.75, 3.05) is 6.61 Å². The van der Waals surface area contributed by atoms with Gasteiger partial charge in [0, 0.05) is 19.0 Å². The molecular formula is C36H70O5Sn. The Hall–Kier alpha value is -0.301. The van der Waals surface area contributed by atoms with Gasteiger partial charge in [-0.05, 0) is 12.8 Å². The first-order chi connectivity index (χ1) is 20.4. The first kappa shape index (κ1) is 43.8. The number of hydrogen-bond donors (Lipinski definition) is 0. The van der Waals surface area contributed by atoms with Crippen molar-refractivity contribution < 1.29 is 24.5 Å². The summed E-state index contributed by atoms with van der Waals surface area (Å²) in [6.45, 7) is 9.14. The second kappa shape index (κ2) is 35.2. The molecule has 0 aliphatic rings. The minimum absolute atomic E-state index is 0.0736. The van der Waals surface area contributed by atoms with Gasteiger partial charge in [-0.3, -0.25) is 0 Å². The summed E-state index contributed by atoms with van der Waals surface area (Å²) < 4.78 is 8.87. The van der Waals surface area contributed by atoms with Gasteiger partial charge in [-0.1, -0.05) is 84.5 Å². The van der Waals surface area contributed by atoms with E-state index in [0.29, 0.717) is 6.42 Å². The molecule has 0 saturated carbocycles. The number of carboxylic acid groups (broad SMARTS) is 2. The molecule has 0 aromatic carbocycles. The molecule has 5 nitrogen and oxygen atoms in total. The fraction of sp³-hybridized carbons (Fsp3) is 0.944. The molecule has 0 fully saturated rings. The number of rotatable bonds is 32. The van der Waals surface area contributed by atoms with Gasteiger partial charge in [-0.25, -0.2) is 0 Å². The van der Waals surface area contributed by atoms with Crippen LogP contribution < -0.4 is 10.2 Å². The Morgan fingerprint density at radius 2 is 0.881 bits per heavy atom. The van der Waals surface area contributed by atoms with Gasteiger partial charge in [0.05, 0.1) is 5.97 Å². The Kier molecular flexibility index (Phi) is 36.7. The van der Waals surface area contributed by atoms with Crippen LogP contribution >= 0.6 is 0 Å². The van der Waals surface area contributed by atoms with Crippen molar-refractivity contribution in [2.24, 2.45) is 0 Å². The molecule has 0 spiro atoms. The van der Waals surface area contributed by atoms with Crippen LogP contribution in [0, 0.1) is 0 Å². The van der Waals surface area contributed by atoms with E-state index in [1.54, 1.807) is 21.7 Å². The predicted molar refractivity (Wildman–Crippen MR) is 177 cm³/mol. The van der Waals surface area contributed by atoms with Gasteiger partial charge in [0.1, 0.15) is 5.60 Å². The first-order valence-electron chi connectivity index (χ1n) is 18.2. The van der Waals surface area contributed by atoms with Crippen LogP contribution in [0.2, 0.25) is 8.87 Å². The molecule has 0 bridgehead atoms. The second-order valence-corrected chi connectivity index (χ2v) is 16.5. The summed E-state index contributed by atoms with van der Waals surface area (Å²) in [6, 6.07) is 0. The number of aliphatic carboxylic acids is 2. The van der Waals surface area contributed by atoms with Gasteiger partial charge in [-0.2, -0.15) is 0 Å². The van der Waals surface area contributed by atoms with E-state index in [2.05, 4.69) is 27.7 Å². The van der Waals surface area contributed by atoms with Gasteiger partial charge in [0.15, 0.2) is 0 Å². The van der Waals surface area contributed by atoms with E-state index in [0.717, 1.165) is 44.9 Å². The molecule has 1 atom stereocenters. The third-order valence-electron chi connectivity index (χ3n) is 8.03. The van der Waals surface area contributed by atoms with Crippen LogP contribution in [0.1, 0.15) is 195 Å². The standard InChI is InChI=1S/C20H38O5.2C8H17.Sn/c1-3-5-7-9-11-13-15-20(19(23)24,17-18(21)22)25-16-14-12-10-8-6-4-2;2*1-3-5-7-8-6-4-2;/h3-17H2,1-2H3,(H,21,22)(H,23,24);2*1,3-8H2,2H3;/q;;;+2/p-2. The van der Waals surface area contributed by atoms with E-state index in [1.807, 2.05) is 0 Å². The monoisotopic (exact) mass is 702 g/mol. The van der Waals surface area contributed by atoms with Crippen LogP contribution in [0.25, 0.3) is 0 Å². The fourth-order valence-electron chi connectivity index (χ4n) is 5.20. The van der Waals surface area contributed by atoms with Gasteiger partial charge in [-0.15, -0.1) is 0 Å². The summed E-state index contributed by atoms with van der Waals surface area (Å²) in [4.78, 5) is 22.6. The number of unbranched alkanes of at least 4 members (excludes halogenated alkanes) is 20. The van der Waals surface area contributed by atoms with Crippen LogP contribution in [-0.4, -0.2) is 45.3 Å². The molecule has 0 amide bonds. The zero-order valence-corrected chi connectivity index (χ0v) is 31.4. The van der Waals surface area contributed by atoms with Crippen molar-refractivity contribution >= 4 is 33.1 Å². The quantitative estimate of drug-likeness (QED) is 0.0516. The van der Waals surface area contributed by atoms with Gasteiger partial charge in [0.2, 0.25) is 0 Å². The molecule has 1 unspecified atom stereocenters. The van der Waals surface area contributed by atoms with Gasteiger partial charge in [0.25, 0.3) is 0 Å². The van der Waals surface area contributed by atoms with Crippen molar-refractivity contribution in [1.29, 1.82) is 0 Å². The van der Waals surface area contributed by atoms with E-state index in [1.165, 1.54) is 89.9 Å². The van der Waals surface area contributed by atoms with Crippen molar-refractivity contribution in [3.05, 3.63) is 0 Å². The topological polar surface area (TPSA) is 89.5 Å². The second-order valence-electron chi connectivity index (χ2n) is 12.3. The zero-order chi connectivity index (χ0) is 31.6. The summed E-state index contributed by atoms with van der Waals surface area (Å²) in [7, 11) is 0. The maximum atomic E-state index is 11.6. The Morgan fingerprint density at radius 1 is 0.524 bits per heavy atom. The maximum absolute atomic E-state index is 11.6. The Bertz CT molecular complexity index is 557. The van der Waals surface area contributed by atoms with Gasteiger partial charge < -0.3 is 24.5 Å². The van der Waals surface area contributed by atoms with Gasteiger partial charge >= 0.3 is 121 Å². The summed E-state index contributed by atoms with van der Waals surface area (Å²) in [5, 5.41) is 22.6. The molecule has 6 heteroatoms. The normalized spacial score (nSPS) is 12.3. The number of carboxylic acids is 2. The Labute approximate surface area is 272 Å². The third-order valence-corrected chi connectivity index (χ3v) is 12.1. The molecule has 0 aromatic heterocycles. The van der Waals surface area contributed by atoms with Crippen LogP contribution in [-0.2, 0) is 14.3 Å². The summed E-state index contributed by atoms with van der Waals surface area (Å²) in [6.07, 6.45) is 29.7. The number of hydrogen-bond acceptors (Lipinski definition) is 5.